The molecule has 4 nitrogen and oxygen atoms in total. The molecular weight excluding hydrogens is 278 g/mol. The minimum atomic E-state index is -0.531. The molecule has 22 heavy (non-hydrogen) atoms. The van der Waals surface area contributed by atoms with Crippen molar-refractivity contribution in [3.63, 3.8) is 0 Å². The highest BCUT2D eigenvalue weighted by Crippen LogP contribution is 2.23. The Morgan fingerprint density at radius 3 is 2.64 bits per heavy atom. The van der Waals surface area contributed by atoms with Crippen LogP contribution in [0.25, 0.3) is 10.9 Å². The third-order valence-electron chi connectivity index (χ3n) is 3.37. The van der Waals surface area contributed by atoms with Crippen LogP contribution in [0.1, 0.15) is 45.7 Å². The number of benzene rings is 1. The summed E-state index contributed by atoms with van der Waals surface area (Å²) in [5.41, 5.74) is 1.26. The van der Waals surface area contributed by atoms with Crippen LogP contribution in [-0.2, 0) is 16.0 Å². The van der Waals surface area contributed by atoms with Gasteiger partial charge in [0.1, 0.15) is 11.9 Å². The number of hydrogen-bond acceptors (Lipinski definition) is 3. The molecule has 1 aromatic heterocycles. The van der Waals surface area contributed by atoms with Gasteiger partial charge in [-0.05, 0) is 52.2 Å². The molecule has 0 radical (unpaired) electrons. The van der Waals surface area contributed by atoms with Gasteiger partial charge >= 0.3 is 6.09 Å². The molecule has 0 saturated heterocycles. The maximum absolute atomic E-state index is 12.5. The predicted molar refractivity (Wildman–Crippen MR) is 87.2 cm³/mol. The molecule has 2 rings (SSSR count). The first kappa shape index (κ1) is 16.3. The number of hydrogen-bond donors (Lipinski definition) is 0. The molecular formula is C18H23NO3. The molecule has 0 atom stereocenters. The topological polar surface area (TPSA) is 48.3 Å². The lowest BCUT2D eigenvalue weighted by molar-refractivity contribution is -0.107. The number of carbonyl (C=O) groups is 2. The van der Waals surface area contributed by atoms with Gasteiger partial charge in [-0.15, -0.1) is 0 Å². The number of aromatic nitrogens is 1. The van der Waals surface area contributed by atoms with Crippen LogP contribution in [0.5, 0.6) is 0 Å². The van der Waals surface area contributed by atoms with Gasteiger partial charge in [0.05, 0.1) is 5.52 Å². The van der Waals surface area contributed by atoms with E-state index < -0.39 is 5.60 Å². The van der Waals surface area contributed by atoms with Crippen LogP contribution < -0.4 is 0 Å². The van der Waals surface area contributed by atoms with E-state index in [1.807, 2.05) is 51.1 Å². The Balaban J connectivity index is 2.31. The summed E-state index contributed by atoms with van der Waals surface area (Å²) in [6.07, 6.45) is 3.61. The van der Waals surface area contributed by atoms with Gasteiger partial charge in [-0.1, -0.05) is 18.2 Å². The molecule has 0 saturated carbocycles. The summed E-state index contributed by atoms with van der Waals surface area (Å²) in [5.74, 6) is 0. The van der Waals surface area contributed by atoms with Gasteiger partial charge in [0, 0.05) is 17.5 Å². The molecule has 0 fully saturated rings. The van der Waals surface area contributed by atoms with Gasteiger partial charge < -0.3 is 9.53 Å². The SMILES string of the molecule is CC(C)(C)OC(=O)n1c(CCCCC=O)cc2ccccc21. The normalized spacial score (nSPS) is 11.6. The van der Waals surface area contributed by atoms with Crippen LogP contribution in [0.15, 0.2) is 30.3 Å². The van der Waals surface area contributed by atoms with Crippen LogP contribution in [-0.4, -0.2) is 22.5 Å². The Morgan fingerprint density at radius 2 is 1.95 bits per heavy atom. The summed E-state index contributed by atoms with van der Waals surface area (Å²) >= 11 is 0. The molecule has 0 spiro atoms. The molecule has 0 N–H and O–H groups in total. The van der Waals surface area contributed by atoms with Gasteiger partial charge in [-0.3, -0.25) is 0 Å². The van der Waals surface area contributed by atoms with E-state index in [9.17, 15) is 9.59 Å². The van der Waals surface area contributed by atoms with Crippen molar-refractivity contribution in [2.45, 2.75) is 52.1 Å². The number of para-hydroxylation sites is 1. The first-order valence-electron chi connectivity index (χ1n) is 7.69. The van der Waals surface area contributed by atoms with Crippen LogP contribution in [0.2, 0.25) is 0 Å². The summed E-state index contributed by atoms with van der Waals surface area (Å²) in [5, 5.41) is 1.03. The summed E-state index contributed by atoms with van der Waals surface area (Å²) in [4.78, 5) is 22.9. The van der Waals surface area contributed by atoms with Crippen molar-refractivity contribution in [2.24, 2.45) is 0 Å². The van der Waals surface area contributed by atoms with Crippen molar-refractivity contribution in [1.82, 2.24) is 4.57 Å². The standard InChI is InChI=1S/C18H23NO3/c1-18(2,3)22-17(21)19-15(10-5-4-8-12-20)13-14-9-6-7-11-16(14)19/h6-7,9,11-13H,4-5,8,10H2,1-3H3. The summed E-state index contributed by atoms with van der Waals surface area (Å²) < 4.78 is 7.18. The van der Waals surface area contributed by atoms with E-state index in [0.29, 0.717) is 6.42 Å². The molecule has 1 aromatic carbocycles. The first-order valence-corrected chi connectivity index (χ1v) is 7.69. The molecule has 1 heterocycles. The Labute approximate surface area is 131 Å². The second-order valence-corrected chi connectivity index (χ2v) is 6.42. The highest BCUT2D eigenvalue weighted by atomic mass is 16.6. The summed E-state index contributed by atoms with van der Waals surface area (Å²) in [6.45, 7) is 5.58. The molecule has 0 aliphatic heterocycles. The van der Waals surface area contributed by atoms with E-state index in [-0.39, 0.29) is 6.09 Å². The zero-order valence-electron chi connectivity index (χ0n) is 13.5. The minimum absolute atomic E-state index is 0.348. The summed E-state index contributed by atoms with van der Waals surface area (Å²) in [6, 6.07) is 9.82. The van der Waals surface area contributed by atoms with E-state index in [1.165, 1.54) is 0 Å². The number of carbonyl (C=O) groups excluding carboxylic acids is 2. The van der Waals surface area contributed by atoms with Gasteiger partial charge in [-0.2, -0.15) is 0 Å². The van der Waals surface area contributed by atoms with Gasteiger partial charge in [0.2, 0.25) is 0 Å². The summed E-state index contributed by atoms with van der Waals surface area (Å²) in [7, 11) is 0. The minimum Gasteiger partial charge on any atom is -0.443 e. The zero-order chi connectivity index (χ0) is 16.2. The third-order valence-corrected chi connectivity index (χ3v) is 3.37. The van der Waals surface area contributed by atoms with E-state index in [0.717, 1.165) is 42.1 Å². The zero-order valence-corrected chi connectivity index (χ0v) is 13.5. The Morgan fingerprint density at radius 1 is 1.23 bits per heavy atom. The fourth-order valence-corrected chi connectivity index (χ4v) is 2.45. The number of rotatable bonds is 5. The average molecular weight is 301 g/mol. The number of nitrogens with zero attached hydrogens (tertiary/aromatic N) is 1. The van der Waals surface area contributed by atoms with Crippen molar-refractivity contribution < 1.29 is 14.3 Å². The predicted octanol–water partition coefficient (Wildman–Crippen LogP) is 4.34. The van der Waals surface area contributed by atoms with Crippen molar-refractivity contribution in [3.05, 3.63) is 36.0 Å². The Hall–Kier alpha value is -2.10. The molecule has 0 bridgehead atoms. The van der Waals surface area contributed by atoms with Crippen LogP contribution >= 0.6 is 0 Å². The van der Waals surface area contributed by atoms with Crippen molar-refractivity contribution in [3.8, 4) is 0 Å². The highest BCUT2D eigenvalue weighted by Gasteiger charge is 2.21. The van der Waals surface area contributed by atoms with Crippen molar-refractivity contribution in [1.29, 1.82) is 0 Å². The molecule has 4 heteroatoms. The third kappa shape index (κ3) is 3.97. The van der Waals surface area contributed by atoms with Gasteiger partial charge in [-0.25, -0.2) is 9.36 Å². The fraction of sp³-hybridized carbons (Fsp3) is 0.444. The monoisotopic (exact) mass is 301 g/mol. The van der Waals surface area contributed by atoms with E-state index >= 15 is 0 Å². The van der Waals surface area contributed by atoms with E-state index in [1.54, 1.807) is 4.57 Å². The molecule has 0 aliphatic carbocycles. The molecule has 2 aromatic rings. The fourth-order valence-electron chi connectivity index (χ4n) is 2.45. The van der Waals surface area contributed by atoms with Crippen molar-refractivity contribution in [2.75, 3.05) is 0 Å². The van der Waals surface area contributed by atoms with Crippen molar-refractivity contribution >= 4 is 23.3 Å². The Bertz CT molecular complexity index is 665. The number of unbranched alkanes of at least 4 members (excludes halogenated alkanes) is 2. The van der Waals surface area contributed by atoms with Crippen LogP contribution in [0.4, 0.5) is 4.79 Å². The molecule has 0 unspecified atom stereocenters. The number of aryl methyl sites for hydroxylation is 1. The van der Waals surface area contributed by atoms with E-state index in [4.69, 9.17) is 4.74 Å². The number of ether oxygens (including phenoxy) is 1. The van der Waals surface area contributed by atoms with Gasteiger partial charge in [0.15, 0.2) is 0 Å². The second-order valence-electron chi connectivity index (χ2n) is 6.42. The lowest BCUT2D eigenvalue weighted by atomic mass is 10.1. The van der Waals surface area contributed by atoms with Crippen LogP contribution in [0, 0.1) is 0 Å². The molecule has 0 aliphatic rings. The number of fused-ring (bicyclic) bond motifs is 1. The maximum Gasteiger partial charge on any atom is 0.419 e. The molecule has 0 amide bonds. The van der Waals surface area contributed by atoms with Crippen LogP contribution in [0.3, 0.4) is 0 Å². The maximum atomic E-state index is 12.5. The van der Waals surface area contributed by atoms with E-state index in [2.05, 4.69) is 0 Å². The quantitative estimate of drug-likeness (QED) is 0.610. The smallest absolute Gasteiger partial charge is 0.419 e. The number of aldehydes is 1. The largest absolute Gasteiger partial charge is 0.443 e. The lowest BCUT2D eigenvalue weighted by Crippen LogP contribution is -2.28. The Kier molecular flexibility index (Phi) is 5.01. The lowest BCUT2D eigenvalue weighted by Gasteiger charge is -2.21. The molecule has 118 valence electrons. The van der Waals surface area contributed by atoms with Gasteiger partial charge in [0.25, 0.3) is 0 Å². The average Bonchev–Trinajstić information content (AvgIpc) is 2.80. The second kappa shape index (κ2) is 6.77. The highest BCUT2D eigenvalue weighted by molar-refractivity contribution is 5.91. The first-order chi connectivity index (χ1) is 10.4.